The maximum absolute atomic E-state index is 11.8. The van der Waals surface area contributed by atoms with Gasteiger partial charge in [0.2, 0.25) is 17.8 Å². The minimum Gasteiger partial charge on any atom is -0.319 e. The van der Waals surface area contributed by atoms with Gasteiger partial charge in [0.1, 0.15) is 12.6 Å². The molecule has 21 heavy (non-hydrogen) atoms. The topological polar surface area (TPSA) is 87.2 Å². The molecule has 1 saturated heterocycles. The van der Waals surface area contributed by atoms with Crippen molar-refractivity contribution in [2.45, 2.75) is 39.3 Å². The van der Waals surface area contributed by atoms with Crippen molar-refractivity contribution in [3.05, 3.63) is 18.0 Å². The van der Waals surface area contributed by atoms with Gasteiger partial charge in [0.15, 0.2) is 0 Å². The zero-order chi connectivity index (χ0) is 15.2. The lowest BCUT2D eigenvalue weighted by atomic mass is 10.1. The van der Waals surface area contributed by atoms with Gasteiger partial charge >= 0.3 is 0 Å². The van der Waals surface area contributed by atoms with E-state index in [4.69, 9.17) is 0 Å². The van der Waals surface area contributed by atoms with Crippen LogP contribution in [0.25, 0.3) is 0 Å². The molecule has 7 heteroatoms. The summed E-state index contributed by atoms with van der Waals surface area (Å²) in [5.74, 6) is -0.183. The smallest absolute Gasteiger partial charge is 0.249 e. The van der Waals surface area contributed by atoms with Crippen LogP contribution in [0.15, 0.2) is 12.4 Å². The van der Waals surface area contributed by atoms with Crippen molar-refractivity contribution < 1.29 is 9.59 Å². The van der Waals surface area contributed by atoms with Gasteiger partial charge in [0, 0.05) is 24.5 Å². The van der Waals surface area contributed by atoms with Crippen LogP contribution >= 0.6 is 0 Å². The zero-order valence-electron chi connectivity index (χ0n) is 12.4. The highest BCUT2D eigenvalue weighted by atomic mass is 16.2. The highest BCUT2D eigenvalue weighted by Crippen LogP contribution is 2.16. The van der Waals surface area contributed by atoms with Crippen LogP contribution < -0.4 is 15.5 Å². The van der Waals surface area contributed by atoms with Crippen molar-refractivity contribution in [1.82, 2.24) is 20.6 Å². The molecule has 0 aromatic carbocycles. The summed E-state index contributed by atoms with van der Waals surface area (Å²) in [4.78, 5) is 33.6. The van der Waals surface area contributed by atoms with Gasteiger partial charge < -0.3 is 10.2 Å². The van der Waals surface area contributed by atoms with E-state index in [2.05, 4.69) is 27.5 Å². The molecule has 1 unspecified atom stereocenters. The van der Waals surface area contributed by atoms with Crippen molar-refractivity contribution in [3.8, 4) is 0 Å². The third-order valence-electron chi connectivity index (χ3n) is 3.35. The normalized spacial score (nSPS) is 18.8. The van der Waals surface area contributed by atoms with E-state index in [-0.39, 0.29) is 18.4 Å². The number of nitrogens with one attached hydrogen (secondary N) is 2. The number of aromatic nitrogens is 2. The lowest BCUT2D eigenvalue weighted by Crippen LogP contribution is -2.58. The lowest BCUT2D eigenvalue weighted by molar-refractivity contribution is -0.133. The molecule has 2 N–H and O–H groups in total. The van der Waals surface area contributed by atoms with E-state index < -0.39 is 6.04 Å². The molecule has 0 radical (unpaired) electrons. The number of carbonyl (C=O) groups excluding carboxylic acids is 2. The van der Waals surface area contributed by atoms with Crippen molar-refractivity contribution in [2.24, 2.45) is 0 Å². The van der Waals surface area contributed by atoms with Gasteiger partial charge in [-0.15, -0.1) is 0 Å². The summed E-state index contributed by atoms with van der Waals surface area (Å²) in [7, 11) is 0. The second kappa shape index (κ2) is 7.12. The van der Waals surface area contributed by atoms with Crippen LogP contribution in [0, 0.1) is 0 Å². The van der Waals surface area contributed by atoms with E-state index in [9.17, 15) is 9.59 Å². The maximum atomic E-state index is 11.8. The number of carbonyl (C=O) groups is 2. The Kier molecular flexibility index (Phi) is 5.21. The molecule has 1 aromatic heterocycles. The highest BCUT2D eigenvalue weighted by molar-refractivity contribution is 6.04. The molecule has 1 aliphatic heterocycles. The average Bonchev–Trinajstić information content (AvgIpc) is 2.47. The molecule has 2 amide bonds. The number of rotatable bonds is 6. The first-order chi connectivity index (χ1) is 10.2. The van der Waals surface area contributed by atoms with Crippen LogP contribution in [0.3, 0.4) is 0 Å². The molecule has 0 saturated carbocycles. The minimum absolute atomic E-state index is 0.109. The second-order valence-corrected chi connectivity index (χ2v) is 5.03. The fraction of sp³-hybridized carbons (Fsp3) is 0.571. The van der Waals surface area contributed by atoms with E-state index in [1.54, 1.807) is 17.3 Å². The molecule has 1 atom stereocenters. The Labute approximate surface area is 124 Å². The number of piperazine rings is 1. The molecule has 0 bridgehead atoms. The summed E-state index contributed by atoms with van der Waals surface area (Å²) >= 11 is 0. The van der Waals surface area contributed by atoms with Crippen LogP contribution in [-0.2, 0) is 16.1 Å². The summed E-state index contributed by atoms with van der Waals surface area (Å²) in [6, 6.07) is -0.397. The predicted octanol–water partition coefficient (Wildman–Crippen LogP) is 0.218. The monoisotopic (exact) mass is 291 g/mol. The van der Waals surface area contributed by atoms with E-state index in [1.165, 1.54) is 0 Å². The first kappa shape index (κ1) is 15.4. The molecule has 2 heterocycles. The lowest BCUT2D eigenvalue weighted by Gasteiger charge is -2.33. The molecule has 0 aliphatic carbocycles. The fourth-order valence-electron chi connectivity index (χ4n) is 2.28. The number of hydrogen-bond donors (Lipinski definition) is 2. The molecule has 1 aliphatic rings. The molecule has 1 fully saturated rings. The molecular weight excluding hydrogens is 270 g/mol. The van der Waals surface area contributed by atoms with Gasteiger partial charge in [-0.2, -0.15) is 0 Å². The Morgan fingerprint density at radius 1 is 1.33 bits per heavy atom. The zero-order valence-corrected chi connectivity index (χ0v) is 12.4. The Bertz CT molecular complexity index is 503. The third-order valence-corrected chi connectivity index (χ3v) is 3.35. The van der Waals surface area contributed by atoms with Gasteiger partial charge in [-0.1, -0.05) is 13.8 Å². The fourth-order valence-corrected chi connectivity index (χ4v) is 2.28. The van der Waals surface area contributed by atoms with Crippen LogP contribution in [0.4, 0.5) is 5.95 Å². The second-order valence-electron chi connectivity index (χ2n) is 5.03. The molecular formula is C14H21N5O2. The predicted molar refractivity (Wildman–Crippen MR) is 78.6 cm³/mol. The average molecular weight is 291 g/mol. The van der Waals surface area contributed by atoms with Gasteiger partial charge in [-0.3, -0.25) is 14.9 Å². The van der Waals surface area contributed by atoms with E-state index >= 15 is 0 Å². The molecule has 114 valence electrons. The molecule has 1 aromatic rings. The first-order valence-electron chi connectivity index (χ1n) is 7.27. The van der Waals surface area contributed by atoms with Crippen LogP contribution in [0.5, 0.6) is 0 Å². The van der Waals surface area contributed by atoms with Gasteiger partial charge in [-0.05, 0) is 19.4 Å². The molecule has 0 spiro atoms. The molecule has 7 nitrogen and oxygen atoms in total. The van der Waals surface area contributed by atoms with Gasteiger partial charge in [-0.25, -0.2) is 9.97 Å². The quantitative estimate of drug-likeness (QED) is 0.576. The minimum atomic E-state index is -0.397. The van der Waals surface area contributed by atoms with Crippen molar-refractivity contribution in [1.29, 1.82) is 0 Å². The van der Waals surface area contributed by atoms with Crippen LogP contribution in [0.2, 0.25) is 0 Å². The highest BCUT2D eigenvalue weighted by Gasteiger charge is 2.33. The van der Waals surface area contributed by atoms with Crippen LogP contribution in [-0.4, -0.2) is 40.9 Å². The summed E-state index contributed by atoms with van der Waals surface area (Å²) in [5, 5.41) is 5.61. The summed E-state index contributed by atoms with van der Waals surface area (Å²) in [6.07, 6.45) is 5.13. The number of nitrogens with zero attached hydrogens (tertiary/aromatic N) is 3. The Morgan fingerprint density at radius 3 is 2.67 bits per heavy atom. The third kappa shape index (κ3) is 3.75. The Hall–Kier alpha value is -2.02. The van der Waals surface area contributed by atoms with Gasteiger partial charge in [0.25, 0.3) is 0 Å². The number of amides is 2. The molecule has 2 rings (SSSR count). The maximum Gasteiger partial charge on any atom is 0.249 e. The SMILES string of the molecule is CCCNCc1cnc(N2CC(=O)NC(=O)C2CC)nc1. The first-order valence-corrected chi connectivity index (χ1v) is 7.27. The summed E-state index contributed by atoms with van der Waals surface area (Å²) in [6.45, 7) is 5.77. The Morgan fingerprint density at radius 2 is 2.05 bits per heavy atom. The van der Waals surface area contributed by atoms with E-state index in [0.717, 1.165) is 18.5 Å². The van der Waals surface area contributed by atoms with Crippen molar-refractivity contribution in [2.75, 3.05) is 18.0 Å². The van der Waals surface area contributed by atoms with Crippen molar-refractivity contribution >= 4 is 17.8 Å². The number of anilines is 1. The summed E-state index contributed by atoms with van der Waals surface area (Å²) in [5.41, 5.74) is 0.980. The van der Waals surface area contributed by atoms with E-state index in [0.29, 0.717) is 18.9 Å². The van der Waals surface area contributed by atoms with E-state index in [1.807, 2.05) is 6.92 Å². The largest absolute Gasteiger partial charge is 0.319 e. The van der Waals surface area contributed by atoms with Gasteiger partial charge in [0.05, 0.1) is 0 Å². The standard InChI is InChI=1S/C14H21N5O2/c1-3-5-15-6-10-7-16-14(17-8-10)19-9-12(20)18-13(21)11(19)4-2/h7-8,11,15H,3-6,9H2,1-2H3,(H,18,20,21). The number of imide groups is 1. The number of hydrogen-bond acceptors (Lipinski definition) is 6. The van der Waals surface area contributed by atoms with Crippen LogP contribution in [0.1, 0.15) is 32.3 Å². The Balaban J connectivity index is 2.09. The summed E-state index contributed by atoms with van der Waals surface area (Å²) < 4.78 is 0. The van der Waals surface area contributed by atoms with Crippen molar-refractivity contribution in [3.63, 3.8) is 0 Å².